The van der Waals surface area contributed by atoms with E-state index >= 15 is 0 Å². The smallest absolute Gasteiger partial charge is 0.335 e. The minimum Gasteiger partial charge on any atom is -0.478 e. The number of hydrogen-bond acceptors (Lipinski definition) is 5. The Labute approximate surface area is 115 Å². The Balaban J connectivity index is 1.85. The van der Waals surface area contributed by atoms with Gasteiger partial charge in [0.25, 0.3) is 0 Å². The van der Waals surface area contributed by atoms with Crippen LogP contribution in [-0.4, -0.2) is 34.5 Å². The molecule has 6 nitrogen and oxygen atoms in total. The Kier molecular flexibility index (Phi) is 3.47. The summed E-state index contributed by atoms with van der Waals surface area (Å²) in [5.41, 5.74) is 0.823. The van der Waals surface area contributed by atoms with E-state index in [1.54, 1.807) is 12.1 Å². The molecule has 1 aromatic heterocycles. The lowest BCUT2D eigenvalue weighted by Gasteiger charge is -2.18. The third-order valence-corrected chi connectivity index (χ3v) is 3.37. The van der Waals surface area contributed by atoms with Gasteiger partial charge in [0.05, 0.1) is 5.56 Å². The van der Waals surface area contributed by atoms with Gasteiger partial charge in [-0.3, -0.25) is 0 Å². The topological polar surface area (TPSA) is 85.5 Å². The first kappa shape index (κ1) is 12.8. The lowest BCUT2D eigenvalue weighted by molar-refractivity contribution is 0.0697. The SMILES string of the molecule is O=C(O)c1cccc(-c2nnc(C3CCOCC3)o2)c1. The molecule has 3 rings (SSSR count). The van der Waals surface area contributed by atoms with E-state index in [-0.39, 0.29) is 11.5 Å². The van der Waals surface area contributed by atoms with Crippen molar-refractivity contribution in [1.29, 1.82) is 0 Å². The van der Waals surface area contributed by atoms with Gasteiger partial charge < -0.3 is 14.3 Å². The summed E-state index contributed by atoms with van der Waals surface area (Å²) in [4.78, 5) is 11.0. The lowest BCUT2D eigenvalue weighted by atomic mass is 10.0. The Bertz CT molecular complexity index is 617. The van der Waals surface area contributed by atoms with Crippen molar-refractivity contribution in [3.8, 4) is 11.5 Å². The van der Waals surface area contributed by atoms with E-state index in [9.17, 15) is 4.79 Å². The third kappa shape index (κ3) is 2.55. The number of ether oxygens (including phenoxy) is 1. The monoisotopic (exact) mass is 274 g/mol. The molecule has 0 radical (unpaired) electrons. The van der Waals surface area contributed by atoms with E-state index in [1.165, 1.54) is 12.1 Å². The largest absolute Gasteiger partial charge is 0.478 e. The predicted molar refractivity (Wildman–Crippen MR) is 69.5 cm³/mol. The summed E-state index contributed by atoms with van der Waals surface area (Å²) in [7, 11) is 0. The molecule has 0 unspecified atom stereocenters. The minimum atomic E-state index is -0.976. The number of nitrogens with zero attached hydrogens (tertiary/aromatic N) is 2. The predicted octanol–water partition coefficient (Wildman–Crippen LogP) is 2.33. The minimum absolute atomic E-state index is 0.202. The van der Waals surface area contributed by atoms with Gasteiger partial charge in [-0.2, -0.15) is 0 Å². The zero-order valence-electron chi connectivity index (χ0n) is 10.8. The first-order valence-corrected chi connectivity index (χ1v) is 6.49. The van der Waals surface area contributed by atoms with Crippen molar-refractivity contribution in [3.05, 3.63) is 35.7 Å². The number of benzene rings is 1. The van der Waals surface area contributed by atoms with Gasteiger partial charge >= 0.3 is 5.97 Å². The fourth-order valence-electron chi connectivity index (χ4n) is 2.25. The number of aromatic carboxylic acids is 1. The van der Waals surface area contributed by atoms with Gasteiger partial charge in [-0.05, 0) is 31.0 Å². The van der Waals surface area contributed by atoms with Crippen LogP contribution in [0.3, 0.4) is 0 Å². The molecule has 1 fully saturated rings. The highest BCUT2D eigenvalue weighted by Gasteiger charge is 2.22. The molecule has 0 saturated carbocycles. The first-order chi connectivity index (χ1) is 9.74. The molecule has 2 aromatic rings. The molecule has 2 heterocycles. The van der Waals surface area contributed by atoms with Gasteiger partial charge in [-0.1, -0.05) is 6.07 Å². The van der Waals surface area contributed by atoms with Crippen LogP contribution in [0.4, 0.5) is 0 Å². The summed E-state index contributed by atoms with van der Waals surface area (Å²) < 4.78 is 11.0. The van der Waals surface area contributed by atoms with Crippen LogP contribution >= 0.6 is 0 Å². The number of hydrogen-bond donors (Lipinski definition) is 1. The Hall–Kier alpha value is -2.21. The summed E-state index contributed by atoms with van der Waals surface area (Å²) in [6.07, 6.45) is 1.74. The standard InChI is InChI=1S/C14H14N2O4/c17-14(18)11-3-1-2-10(8-11)13-16-15-12(20-13)9-4-6-19-7-5-9/h1-3,8-9H,4-7H2,(H,17,18). The molecule has 104 valence electrons. The molecular formula is C14H14N2O4. The molecule has 1 aromatic carbocycles. The Morgan fingerprint density at radius 2 is 2.05 bits per heavy atom. The quantitative estimate of drug-likeness (QED) is 0.924. The second-order valence-corrected chi connectivity index (χ2v) is 4.72. The zero-order valence-corrected chi connectivity index (χ0v) is 10.8. The molecule has 1 N–H and O–H groups in total. The van der Waals surface area contributed by atoms with Crippen LogP contribution in [0.15, 0.2) is 28.7 Å². The molecule has 0 spiro atoms. The Morgan fingerprint density at radius 3 is 2.80 bits per heavy atom. The van der Waals surface area contributed by atoms with Gasteiger partial charge in [0.2, 0.25) is 11.8 Å². The summed E-state index contributed by atoms with van der Waals surface area (Å²) in [5, 5.41) is 17.1. The molecule has 20 heavy (non-hydrogen) atoms. The summed E-state index contributed by atoms with van der Waals surface area (Å²) in [6, 6.07) is 6.48. The summed E-state index contributed by atoms with van der Waals surface area (Å²) >= 11 is 0. The maximum Gasteiger partial charge on any atom is 0.335 e. The van der Waals surface area contributed by atoms with Crippen molar-refractivity contribution < 1.29 is 19.1 Å². The van der Waals surface area contributed by atoms with E-state index in [0.717, 1.165) is 12.8 Å². The van der Waals surface area contributed by atoms with Crippen LogP contribution in [0.2, 0.25) is 0 Å². The summed E-state index contributed by atoms with van der Waals surface area (Å²) in [5.74, 6) is 0.210. The van der Waals surface area contributed by atoms with Crippen molar-refractivity contribution in [1.82, 2.24) is 10.2 Å². The number of rotatable bonds is 3. The van der Waals surface area contributed by atoms with Crippen molar-refractivity contribution in [2.24, 2.45) is 0 Å². The van der Waals surface area contributed by atoms with Gasteiger partial charge in [-0.15, -0.1) is 10.2 Å². The van der Waals surface area contributed by atoms with Crippen molar-refractivity contribution >= 4 is 5.97 Å². The lowest BCUT2D eigenvalue weighted by Crippen LogP contribution is -2.14. The molecule has 0 bridgehead atoms. The average Bonchev–Trinajstić information content (AvgIpc) is 2.98. The fourth-order valence-corrected chi connectivity index (χ4v) is 2.25. The van der Waals surface area contributed by atoms with Crippen molar-refractivity contribution in [2.75, 3.05) is 13.2 Å². The van der Waals surface area contributed by atoms with Crippen LogP contribution < -0.4 is 0 Å². The molecule has 0 aliphatic carbocycles. The fraction of sp³-hybridized carbons (Fsp3) is 0.357. The van der Waals surface area contributed by atoms with Gasteiger partial charge in [-0.25, -0.2) is 4.79 Å². The van der Waals surface area contributed by atoms with Crippen LogP contribution in [0.1, 0.15) is 35.0 Å². The van der Waals surface area contributed by atoms with E-state index in [0.29, 0.717) is 30.6 Å². The number of carbonyl (C=O) groups is 1. The second-order valence-electron chi connectivity index (χ2n) is 4.72. The highest BCUT2D eigenvalue weighted by Crippen LogP contribution is 2.28. The number of aromatic nitrogens is 2. The normalized spacial score (nSPS) is 16.2. The molecule has 6 heteroatoms. The van der Waals surface area contributed by atoms with E-state index in [2.05, 4.69) is 10.2 Å². The highest BCUT2D eigenvalue weighted by atomic mass is 16.5. The molecule has 1 aliphatic rings. The van der Waals surface area contributed by atoms with Crippen LogP contribution in [0.25, 0.3) is 11.5 Å². The Morgan fingerprint density at radius 1 is 1.25 bits per heavy atom. The van der Waals surface area contributed by atoms with Crippen LogP contribution in [-0.2, 0) is 4.74 Å². The van der Waals surface area contributed by atoms with Crippen LogP contribution in [0.5, 0.6) is 0 Å². The van der Waals surface area contributed by atoms with E-state index in [4.69, 9.17) is 14.3 Å². The molecular weight excluding hydrogens is 260 g/mol. The second kappa shape index (κ2) is 5.42. The molecule has 0 amide bonds. The van der Waals surface area contributed by atoms with Gasteiger partial charge in [0.15, 0.2) is 0 Å². The van der Waals surface area contributed by atoms with Crippen LogP contribution in [0, 0.1) is 0 Å². The van der Waals surface area contributed by atoms with Crippen molar-refractivity contribution in [2.45, 2.75) is 18.8 Å². The third-order valence-electron chi connectivity index (χ3n) is 3.37. The van der Waals surface area contributed by atoms with Gasteiger partial charge in [0, 0.05) is 24.7 Å². The highest BCUT2D eigenvalue weighted by molar-refractivity contribution is 5.88. The number of carboxylic acid groups (broad SMARTS) is 1. The van der Waals surface area contributed by atoms with E-state index in [1.807, 2.05) is 0 Å². The van der Waals surface area contributed by atoms with E-state index < -0.39 is 5.97 Å². The molecule has 1 saturated heterocycles. The van der Waals surface area contributed by atoms with Crippen molar-refractivity contribution in [3.63, 3.8) is 0 Å². The average molecular weight is 274 g/mol. The maximum atomic E-state index is 11.0. The molecule has 0 atom stereocenters. The van der Waals surface area contributed by atoms with Gasteiger partial charge in [0.1, 0.15) is 0 Å². The summed E-state index contributed by atoms with van der Waals surface area (Å²) in [6.45, 7) is 1.41. The molecule has 1 aliphatic heterocycles. The first-order valence-electron chi connectivity index (χ1n) is 6.49. The number of carboxylic acids is 1. The zero-order chi connectivity index (χ0) is 13.9. The maximum absolute atomic E-state index is 11.0.